The van der Waals surface area contributed by atoms with Crippen LogP contribution in [0.15, 0.2) is 14.1 Å². The molecule has 0 unspecified atom stereocenters. The fourth-order valence-corrected chi connectivity index (χ4v) is 6.21. The molecule has 0 saturated carbocycles. The highest BCUT2D eigenvalue weighted by Crippen LogP contribution is 2.33. The fraction of sp³-hybridized carbons (Fsp3) is 0.667. The van der Waals surface area contributed by atoms with Crippen molar-refractivity contribution >= 4 is 37.3 Å². The van der Waals surface area contributed by atoms with Gasteiger partial charge in [0, 0.05) is 13.1 Å². The molecule has 0 aliphatic carbocycles. The molecule has 1 saturated heterocycles. The van der Waals surface area contributed by atoms with E-state index in [4.69, 9.17) is 5.73 Å². The van der Waals surface area contributed by atoms with Crippen molar-refractivity contribution in [2.24, 2.45) is 11.7 Å². The van der Waals surface area contributed by atoms with Crippen LogP contribution in [0.1, 0.15) is 24.8 Å². The Morgan fingerprint density at radius 3 is 2.58 bits per heavy atom. The lowest BCUT2D eigenvalue weighted by atomic mass is 9.95. The Morgan fingerprint density at radius 2 is 2.11 bits per heavy atom. The van der Waals surface area contributed by atoms with Gasteiger partial charge in [-0.15, -0.1) is 11.3 Å². The van der Waals surface area contributed by atoms with Gasteiger partial charge in [-0.1, -0.05) is 0 Å². The van der Waals surface area contributed by atoms with Crippen LogP contribution in [-0.2, 0) is 10.0 Å². The average Bonchev–Trinajstić information content (AvgIpc) is 2.71. The molecule has 2 N–H and O–H groups in total. The Labute approximate surface area is 127 Å². The Morgan fingerprint density at radius 1 is 1.47 bits per heavy atom. The molecule has 7 heteroatoms. The van der Waals surface area contributed by atoms with Gasteiger partial charge < -0.3 is 5.73 Å². The van der Waals surface area contributed by atoms with Gasteiger partial charge in [-0.3, -0.25) is 0 Å². The van der Waals surface area contributed by atoms with Gasteiger partial charge in [0.2, 0.25) is 0 Å². The van der Waals surface area contributed by atoms with Crippen molar-refractivity contribution in [3.05, 3.63) is 15.4 Å². The lowest BCUT2D eigenvalue weighted by Gasteiger charge is -2.30. The monoisotopic (exact) mass is 366 g/mol. The van der Waals surface area contributed by atoms with Crippen LogP contribution in [0.25, 0.3) is 0 Å². The average molecular weight is 367 g/mol. The summed E-state index contributed by atoms with van der Waals surface area (Å²) in [6.45, 7) is 3.82. The summed E-state index contributed by atoms with van der Waals surface area (Å²) in [6.07, 6.45) is 2.83. The summed E-state index contributed by atoms with van der Waals surface area (Å²) < 4.78 is 28.0. The van der Waals surface area contributed by atoms with Crippen molar-refractivity contribution < 1.29 is 8.42 Å². The highest BCUT2D eigenvalue weighted by molar-refractivity contribution is 9.11. The summed E-state index contributed by atoms with van der Waals surface area (Å²) in [5.74, 6) is 0.577. The van der Waals surface area contributed by atoms with Gasteiger partial charge in [0.05, 0.1) is 3.79 Å². The normalized spacial score (nSPS) is 18.9. The fourth-order valence-electron chi connectivity index (χ4n) is 2.36. The zero-order valence-electron chi connectivity index (χ0n) is 10.9. The maximum Gasteiger partial charge on any atom is 0.252 e. The predicted octanol–water partition coefficient (Wildman–Crippen LogP) is 2.57. The molecule has 0 bridgehead atoms. The number of nitrogens with two attached hydrogens (primary N) is 1. The molecular formula is C12H19BrN2O2S2. The van der Waals surface area contributed by atoms with E-state index in [0.717, 1.165) is 28.6 Å². The summed E-state index contributed by atoms with van der Waals surface area (Å²) in [4.78, 5) is 0. The van der Waals surface area contributed by atoms with E-state index in [-0.39, 0.29) is 0 Å². The zero-order valence-corrected chi connectivity index (χ0v) is 14.2. The van der Waals surface area contributed by atoms with E-state index in [1.54, 1.807) is 10.4 Å². The second-order valence-corrected chi connectivity index (χ2v) is 9.48. The lowest BCUT2D eigenvalue weighted by molar-refractivity contribution is 0.266. The van der Waals surface area contributed by atoms with E-state index in [1.165, 1.54) is 11.3 Å². The van der Waals surface area contributed by atoms with Crippen LogP contribution in [0.3, 0.4) is 0 Å². The van der Waals surface area contributed by atoms with Crippen LogP contribution in [0.5, 0.6) is 0 Å². The van der Waals surface area contributed by atoms with Gasteiger partial charge in [-0.2, -0.15) is 4.31 Å². The van der Waals surface area contributed by atoms with E-state index in [0.29, 0.717) is 29.8 Å². The second kappa shape index (κ2) is 6.22. The third kappa shape index (κ3) is 3.39. The van der Waals surface area contributed by atoms with E-state index < -0.39 is 10.0 Å². The smallest absolute Gasteiger partial charge is 0.252 e. The van der Waals surface area contributed by atoms with Crippen LogP contribution < -0.4 is 5.73 Å². The van der Waals surface area contributed by atoms with Gasteiger partial charge in [0.15, 0.2) is 0 Å². The Kier molecular flexibility index (Phi) is 5.05. The topological polar surface area (TPSA) is 63.4 Å². The standard InChI is InChI=1S/C12H19BrN2O2S2/c1-9-8-11(18-12(9)13)19(16,17)15-6-3-10(2-5-14)4-7-15/h8,10H,2-7,14H2,1H3. The number of hydrogen-bond acceptors (Lipinski definition) is 4. The molecular weight excluding hydrogens is 348 g/mol. The highest BCUT2D eigenvalue weighted by atomic mass is 79.9. The van der Waals surface area contributed by atoms with Crippen LogP contribution in [0.4, 0.5) is 0 Å². The number of piperidine rings is 1. The molecule has 1 aliphatic rings. The first-order chi connectivity index (χ1) is 8.95. The minimum atomic E-state index is -3.31. The molecule has 0 atom stereocenters. The highest BCUT2D eigenvalue weighted by Gasteiger charge is 2.30. The maximum atomic E-state index is 12.5. The molecule has 1 fully saturated rings. The van der Waals surface area contributed by atoms with Crippen molar-refractivity contribution in [1.82, 2.24) is 4.31 Å². The number of hydrogen-bond donors (Lipinski definition) is 1. The summed E-state index contributed by atoms with van der Waals surface area (Å²) >= 11 is 4.68. The number of aryl methyl sites for hydroxylation is 1. The van der Waals surface area contributed by atoms with Crippen molar-refractivity contribution in [1.29, 1.82) is 0 Å². The second-order valence-electron chi connectivity index (χ2n) is 4.95. The molecule has 1 aromatic heterocycles. The summed E-state index contributed by atoms with van der Waals surface area (Å²) in [5.41, 5.74) is 6.53. The molecule has 2 rings (SSSR count). The van der Waals surface area contributed by atoms with Crippen LogP contribution in [0, 0.1) is 12.8 Å². The molecule has 0 amide bonds. The van der Waals surface area contributed by atoms with Gasteiger partial charge in [0.1, 0.15) is 4.21 Å². The first-order valence-corrected chi connectivity index (χ1v) is 9.46. The van der Waals surface area contributed by atoms with E-state index in [1.807, 2.05) is 6.92 Å². The molecule has 2 heterocycles. The van der Waals surface area contributed by atoms with Crippen LogP contribution in [0.2, 0.25) is 0 Å². The van der Waals surface area contributed by atoms with Gasteiger partial charge in [-0.25, -0.2) is 8.42 Å². The number of sulfonamides is 1. The van der Waals surface area contributed by atoms with Crippen LogP contribution in [-0.4, -0.2) is 32.4 Å². The number of nitrogens with zero attached hydrogens (tertiary/aromatic N) is 1. The van der Waals surface area contributed by atoms with Crippen molar-refractivity contribution in [2.75, 3.05) is 19.6 Å². The molecule has 0 aromatic carbocycles. The number of thiophene rings is 1. The van der Waals surface area contributed by atoms with E-state index in [2.05, 4.69) is 15.9 Å². The first kappa shape index (κ1) is 15.4. The molecule has 0 radical (unpaired) electrons. The van der Waals surface area contributed by atoms with Crippen molar-refractivity contribution in [3.8, 4) is 0 Å². The van der Waals surface area contributed by atoms with Crippen molar-refractivity contribution in [3.63, 3.8) is 0 Å². The molecule has 1 aromatic rings. The SMILES string of the molecule is Cc1cc(S(=O)(=O)N2CCC(CCN)CC2)sc1Br. The number of halogens is 1. The van der Waals surface area contributed by atoms with Gasteiger partial charge >= 0.3 is 0 Å². The largest absolute Gasteiger partial charge is 0.330 e. The number of rotatable bonds is 4. The van der Waals surface area contributed by atoms with Crippen molar-refractivity contribution in [2.45, 2.75) is 30.4 Å². The van der Waals surface area contributed by atoms with E-state index >= 15 is 0 Å². The summed E-state index contributed by atoms with van der Waals surface area (Å²) in [5, 5.41) is 0. The molecule has 19 heavy (non-hydrogen) atoms. The van der Waals surface area contributed by atoms with Gasteiger partial charge in [0.25, 0.3) is 10.0 Å². The third-order valence-electron chi connectivity index (χ3n) is 3.58. The van der Waals surface area contributed by atoms with Gasteiger partial charge in [-0.05, 0) is 66.2 Å². The molecule has 1 aliphatic heterocycles. The summed E-state index contributed by atoms with van der Waals surface area (Å²) in [7, 11) is -3.31. The molecule has 4 nitrogen and oxygen atoms in total. The van der Waals surface area contributed by atoms with Crippen LogP contribution >= 0.6 is 27.3 Å². The third-order valence-corrected chi connectivity index (χ3v) is 8.06. The Bertz CT molecular complexity index is 514. The lowest BCUT2D eigenvalue weighted by Crippen LogP contribution is -2.38. The quantitative estimate of drug-likeness (QED) is 0.890. The minimum absolute atomic E-state index is 0.439. The Balaban J connectivity index is 2.09. The zero-order chi connectivity index (χ0) is 14.0. The molecule has 0 spiro atoms. The molecule has 108 valence electrons. The summed E-state index contributed by atoms with van der Waals surface area (Å²) in [6, 6.07) is 1.75. The van der Waals surface area contributed by atoms with E-state index in [9.17, 15) is 8.42 Å². The minimum Gasteiger partial charge on any atom is -0.330 e. The maximum absolute atomic E-state index is 12.5. The first-order valence-electron chi connectivity index (χ1n) is 6.41. The Hall–Kier alpha value is 0.0500. The predicted molar refractivity (Wildman–Crippen MR) is 81.9 cm³/mol.